The van der Waals surface area contributed by atoms with Crippen molar-refractivity contribution in [1.29, 1.82) is 0 Å². The number of nitrogen functional groups attached to an aromatic ring is 1. The number of carboxylic acids is 2. The molecule has 11 nitrogen and oxygen atoms in total. The highest BCUT2D eigenvalue weighted by Crippen LogP contribution is 2.51. The van der Waals surface area contributed by atoms with Gasteiger partial charge in [0.25, 0.3) is 5.56 Å². The van der Waals surface area contributed by atoms with Crippen LogP contribution in [0, 0.1) is 0 Å². The lowest BCUT2D eigenvalue weighted by Crippen LogP contribution is -2.24. The first kappa shape index (κ1) is 20.4. The van der Waals surface area contributed by atoms with Crippen molar-refractivity contribution in [2.75, 3.05) is 34.2 Å². The van der Waals surface area contributed by atoms with E-state index >= 15 is 0 Å². The molecule has 0 bridgehead atoms. The van der Waals surface area contributed by atoms with Crippen LogP contribution in [0.2, 0.25) is 0 Å². The number of anilines is 1. The molecule has 0 aliphatic heterocycles. The van der Waals surface area contributed by atoms with Crippen molar-refractivity contribution in [3.05, 3.63) is 27.5 Å². The van der Waals surface area contributed by atoms with Gasteiger partial charge in [-0.3, -0.25) is 4.79 Å². The van der Waals surface area contributed by atoms with Gasteiger partial charge < -0.3 is 39.9 Å². The molecule has 0 saturated heterocycles. The highest BCUT2D eigenvalue weighted by atomic mass is 16.5. The maximum Gasteiger partial charge on any atom is 0.342 e. The summed E-state index contributed by atoms with van der Waals surface area (Å²) in [6, 6.07) is 1.34. The van der Waals surface area contributed by atoms with E-state index in [4.69, 9.17) is 24.7 Å². The van der Waals surface area contributed by atoms with Crippen molar-refractivity contribution in [2.45, 2.75) is 0 Å². The first-order valence-corrected chi connectivity index (χ1v) is 7.63. The summed E-state index contributed by atoms with van der Waals surface area (Å²) in [5.41, 5.74) is 2.46. The van der Waals surface area contributed by atoms with Gasteiger partial charge in [0.15, 0.2) is 11.5 Å². The monoisotopic (exact) mass is 394 g/mol. The first-order valence-electron chi connectivity index (χ1n) is 7.63. The minimum atomic E-state index is -1.67. The Labute approximate surface area is 158 Å². The van der Waals surface area contributed by atoms with Gasteiger partial charge in [-0.2, -0.15) is 0 Å². The van der Waals surface area contributed by atoms with Crippen LogP contribution in [0.5, 0.6) is 23.0 Å². The summed E-state index contributed by atoms with van der Waals surface area (Å²) in [4.78, 5) is 37.9. The molecular formula is C17H18N2O9. The highest BCUT2D eigenvalue weighted by molar-refractivity contribution is 6.09. The summed E-state index contributed by atoms with van der Waals surface area (Å²) >= 11 is 0. The number of hydrogen-bond donors (Lipinski definition) is 4. The van der Waals surface area contributed by atoms with Crippen molar-refractivity contribution < 1.29 is 38.7 Å². The summed E-state index contributed by atoms with van der Waals surface area (Å²) in [5.74, 6) is -3.68. The number of rotatable bonds is 7. The highest BCUT2D eigenvalue weighted by Gasteiger charge is 2.33. The minimum Gasteiger partial charge on any atom is -0.496 e. The Bertz CT molecular complexity index is 1010. The zero-order valence-corrected chi connectivity index (χ0v) is 15.4. The van der Waals surface area contributed by atoms with E-state index in [0.717, 1.165) is 0 Å². The van der Waals surface area contributed by atoms with E-state index in [1.54, 1.807) is 0 Å². The standard InChI is InChI=1S/C17H18N2O9/c1-25-6-5-7(26-2)12(27-3)13(28-4)8(6)9-10(16(21)22)14(18)19-15(20)11(9)17(23)24/h5H,1-4H3,(H,21,22)(H,23,24)(H3,18,19,20). The molecule has 0 atom stereocenters. The van der Waals surface area contributed by atoms with Crippen molar-refractivity contribution in [1.82, 2.24) is 4.98 Å². The number of H-pyrrole nitrogens is 1. The van der Waals surface area contributed by atoms with Gasteiger partial charge in [0, 0.05) is 11.6 Å². The average Bonchev–Trinajstić information content (AvgIpc) is 2.64. The SMILES string of the molecule is COc1cc(OC)c(-c2c(C(=O)O)c(N)[nH]c(=O)c2C(=O)O)c(OC)c1OC. The van der Waals surface area contributed by atoms with Crippen LogP contribution in [-0.2, 0) is 0 Å². The number of aromatic nitrogens is 1. The maximum atomic E-state index is 12.3. The lowest BCUT2D eigenvalue weighted by molar-refractivity contribution is 0.0695. The van der Waals surface area contributed by atoms with E-state index in [-0.39, 0.29) is 28.6 Å². The first-order chi connectivity index (χ1) is 13.2. The Morgan fingerprint density at radius 3 is 1.82 bits per heavy atom. The zero-order chi connectivity index (χ0) is 21.2. The molecule has 0 radical (unpaired) electrons. The lowest BCUT2D eigenvalue weighted by atomic mass is 9.93. The topological polar surface area (TPSA) is 170 Å². The molecule has 0 aliphatic carbocycles. The van der Waals surface area contributed by atoms with Crippen LogP contribution in [-0.4, -0.2) is 55.6 Å². The number of aromatic amines is 1. The number of pyridine rings is 1. The molecule has 0 unspecified atom stereocenters. The van der Waals surface area contributed by atoms with Crippen molar-refractivity contribution in [3.63, 3.8) is 0 Å². The number of carboxylic acid groups (broad SMARTS) is 2. The van der Waals surface area contributed by atoms with E-state index < -0.39 is 40.0 Å². The molecular weight excluding hydrogens is 376 g/mol. The van der Waals surface area contributed by atoms with Gasteiger partial charge in [-0.15, -0.1) is 0 Å². The molecule has 1 aromatic heterocycles. The van der Waals surface area contributed by atoms with Gasteiger partial charge in [0.2, 0.25) is 5.75 Å². The Balaban J connectivity index is 3.22. The fourth-order valence-corrected chi connectivity index (χ4v) is 2.83. The third kappa shape index (κ3) is 3.13. The van der Waals surface area contributed by atoms with Crippen molar-refractivity contribution in [3.8, 4) is 34.1 Å². The average molecular weight is 394 g/mol. The summed E-state index contributed by atoms with van der Waals surface area (Å²) in [5, 5.41) is 19.2. The van der Waals surface area contributed by atoms with Gasteiger partial charge in [-0.1, -0.05) is 0 Å². The van der Waals surface area contributed by atoms with E-state index in [9.17, 15) is 24.6 Å². The predicted molar refractivity (Wildman–Crippen MR) is 97.0 cm³/mol. The van der Waals surface area contributed by atoms with Gasteiger partial charge >= 0.3 is 11.9 Å². The Hall–Kier alpha value is -3.89. The van der Waals surface area contributed by atoms with Gasteiger partial charge in [0.05, 0.1) is 34.0 Å². The Kier molecular flexibility index (Phi) is 5.67. The quantitative estimate of drug-likeness (QED) is 0.532. The second-order valence-corrected chi connectivity index (χ2v) is 5.33. The summed E-state index contributed by atoms with van der Waals surface area (Å²) in [7, 11) is 5.17. The van der Waals surface area contributed by atoms with Gasteiger partial charge in [-0.25, -0.2) is 9.59 Å². The number of carbonyl (C=O) groups is 2. The largest absolute Gasteiger partial charge is 0.496 e. The second-order valence-electron chi connectivity index (χ2n) is 5.33. The van der Waals surface area contributed by atoms with Gasteiger partial charge in [-0.05, 0) is 0 Å². The summed E-state index contributed by atoms with van der Waals surface area (Å²) in [6.07, 6.45) is 0. The molecule has 28 heavy (non-hydrogen) atoms. The Morgan fingerprint density at radius 2 is 1.39 bits per heavy atom. The third-order valence-electron chi connectivity index (χ3n) is 3.94. The Morgan fingerprint density at radius 1 is 0.857 bits per heavy atom. The van der Waals surface area contributed by atoms with Crippen LogP contribution in [0.25, 0.3) is 11.1 Å². The molecule has 1 heterocycles. The summed E-state index contributed by atoms with van der Waals surface area (Å²) in [6.45, 7) is 0. The normalized spacial score (nSPS) is 10.3. The van der Waals surface area contributed by atoms with Crippen LogP contribution < -0.4 is 30.2 Å². The smallest absolute Gasteiger partial charge is 0.342 e. The number of methoxy groups -OCH3 is 4. The number of aromatic carboxylic acids is 2. The molecule has 5 N–H and O–H groups in total. The van der Waals surface area contributed by atoms with E-state index in [1.165, 1.54) is 34.5 Å². The molecule has 1 aromatic carbocycles. The lowest BCUT2D eigenvalue weighted by Gasteiger charge is -2.21. The molecule has 0 fully saturated rings. The van der Waals surface area contributed by atoms with Crippen molar-refractivity contribution >= 4 is 17.8 Å². The molecule has 0 aliphatic rings. The number of hydrogen-bond acceptors (Lipinski definition) is 8. The minimum absolute atomic E-state index is 0.0236. The second kappa shape index (κ2) is 7.78. The van der Waals surface area contributed by atoms with Crippen molar-refractivity contribution in [2.24, 2.45) is 0 Å². The number of nitrogens with one attached hydrogen (secondary N) is 1. The number of benzene rings is 1. The number of ether oxygens (including phenoxy) is 4. The third-order valence-corrected chi connectivity index (χ3v) is 3.94. The fourth-order valence-electron chi connectivity index (χ4n) is 2.83. The summed E-state index contributed by atoms with van der Waals surface area (Å²) < 4.78 is 21.1. The molecule has 2 rings (SSSR count). The molecule has 11 heteroatoms. The van der Waals surface area contributed by atoms with Crippen LogP contribution in [0.3, 0.4) is 0 Å². The predicted octanol–water partition coefficient (Wildman–Crippen LogP) is 1.05. The fraction of sp³-hybridized carbons (Fsp3) is 0.235. The van der Waals surface area contributed by atoms with E-state index in [1.807, 2.05) is 4.98 Å². The molecule has 2 aromatic rings. The molecule has 0 saturated carbocycles. The van der Waals surface area contributed by atoms with Crippen LogP contribution in [0.1, 0.15) is 20.7 Å². The van der Waals surface area contributed by atoms with Crippen LogP contribution >= 0.6 is 0 Å². The number of nitrogens with two attached hydrogens (primary N) is 1. The zero-order valence-electron chi connectivity index (χ0n) is 15.4. The molecule has 0 spiro atoms. The van der Waals surface area contributed by atoms with Crippen LogP contribution in [0.4, 0.5) is 5.82 Å². The van der Waals surface area contributed by atoms with Gasteiger partial charge in [0.1, 0.15) is 22.7 Å². The van der Waals surface area contributed by atoms with E-state index in [2.05, 4.69) is 0 Å². The maximum absolute atomic E-state index is 12.3. The molecule has 0 amide bonds. The van der Waals surface area contributed by atoms with Crippen LogP contribution in [0.15, 0.2) is 10.9 Å². The van der Waals surface area contributed by atoms with E-state index in [0.29, 0.717) is 0 Å². The molecule has 150 valence electrons.